The molecule has 0 N–H and O–H groups in total. The van der Waals surface area contributed by atoms with Crippen molar-refractivity contribution in [2.24, 2.45) is 5.41 Å². The minimum Gasteiger partial charge on any atom is -0.341 e. The van der Waals surface area contributed by atoms with E-state index in [1.54, 1.807) is 20.9 Å². The van der Waals surface area contributed by atoms with Gasteiger partial charge in [0.1, 0.15) is 0 Å². The molecule has 2 nitrogen and oxygen atoms in total. The van der Waals surface area contributed by atoms with E-state index in [4.69, 9.17) is 11.6 Å². The predicted molar refractivity (Wildman–Crippen MR) is 67.3 cm³/mol. The van der Waals surface area contributed by atoms with Crippen LogP contribution in [0.25, 0.3) is 0 Å². The lowest BCUT2D eigenvalue weighted by atomic mass is 9.94. The van der Waals surface area contributed by atoms with Crippen LogP contribution in [0.5, 0.6) is 0 Å². The van der Waals surface area contributed by atoms with Crippen molar-refractivity contribution in [3.05, 3.63) is 35.4 Å². The standard InChI is InChI=1S/C13H16ClF2NO/c1-13(2,8-14)12(18)17(3)7-9-4-5-10(15)11(16)6-9/h4-6H,7-8H2,1-3H3. The molecule has 0 bridgehead atoms. The van der Waals surface area contributed by atoms with Crippen LogP contribution in [0.2, 0.25) is 0 Å². The van der Waals surface area contributed by atoms with E-state index in [0.717, 1.165) is 12.1 Å². The molecule has 0 aliphatic carbocycles. The van der Waals surface area contributed by atoms with Gasteiger partial charge in [0, 0.05) is 19.5 Å². The number of nitrogens with zero attached hydrogens (tertiary/aromatic N) is 1. The summed E-state index contributed by atoms with van der Waals surface area (Å²) in [6, 6.07) is 3.60. The number of hydrogen-bond acceptors (Lipinski definition) is 1. The van der Waals surface area contributed by atoms with Crippen LogP contribution in [0.4, 0.5) is 8.78 Å². The third kappa shape index (κ3) is 3.42. The largest absolute Gasteiger partial charge is 0.341 e. The Morgan fingerprint density at radius 1 is 1.33 bits per heavy atom. The Hall–Kier alpha value is -1.16. The molecule has 18 heavy (non-hydrogen) atoms. The van der Waals surface area contributed by atoms with Crippen LogP contribution in [0, 0.1) is 17.0 Å². The molecule has 0 fully saturated rings. The summed E-state index contributed by atoms with van der Waals surface area (Å²) in [6.07, 6.45) is 0. The normalized spacial score (nSPS) is 11.4. The van der Waals surface area contributed by atoms with Gasteiger partial charge in [-0.1, -0.05) is 6.07 Å². The van der Waals surface area contributed by atoms with Gasteiger partial charge in [0.25, 0.3) is 0 Å². The molecule has 100 valence electrons. The predicted octanol–water partition coefficient (Wildman–Crippen LogP) is 3.19. The van der Waals surface area contributed by atoms with Gasteiger partial charge >= 0.3 is 0 Å². The highest BCUT2D eigenvalue weighted by Gasteiger charge is 2.29. The Kier molecular flexibility index (Phi) is 4.68. The quantitative estimate of drug-likeness (QED) is 0.773. The van der Waals surface area contributed by atoms with Crippen LogP contribution in [0.1, 0.15) is 19.4 Å². The molecule has 0 spiro atoms. The molecule has 0 aliphatic heterocycles. The van der Waals surface area contributed by atoms with E-state index in [1.165, 1.54) is 11.0 Å². The first-order chi connectivity index (χ1) is 8.27. The van der Waals surface area contributed by atoms with Crippen molar-refractivity contribution in [1.82, 2.24) is 4.90 Å². The number of alkyl halides is 1. The lowest BCUT2D eigenvalue weighted by molar-refractivity contribution is -0.138. The Balaban J connectivity index is 2.78. The Morgan fingerprint density at radius 2 is 1.94 bits per heavy atom. The third-order valence-corrected chi connectivity index (χ3v) is 3.33. The summed E-state index contributed by atoms with van der Waals surface area (Å²) in [5, 5.41) is 0. The number of amides is 1. The topological polar surface area (TPSA) is 20.3 Å². The van der Waals surface area contributed by atoms with Gasteiger partial charge in [-0.3, -0.25) is 4.79 Å². The average Bonchev–Trinajstić information content (AvgIpc) is 2.32. The first-order valence-electron chi connectivity index (χ1n) is 5.53. The molecule has 5 heteroatoms. The number of hydrogen-bond donors (Lipinski definition) is 0. The molecule has 0 saturated carbocycles. The zero-order valence-electron chi connectivity index (χ0n) is 10.6. The van der Waals surface area contributed by atoms with E-state index in [-0.39, 0.29) is 18.3 Å². The smallest absolute Gasteiger partial charge is 0.229 e. The molecule has 0 unspecified atom stereocenters. The summed E-state index contributed by atoms with van der Waals surface area (Å²) in [5.41, 5.74) is -0.135. The zero-order chi connectivity index (χ0) is 13.9. The van der Waals surface area contributed by atoms with Crippen LogP contribution >= 0.6 is 11.6 Å². The van der Waals surface area contributed by atoms with Gasteiger partial charge in [-0.15, -0.1) is 11.6 Å². The van der Waals surface area contributed by atoms with Gasteiger partial charge in [-0.05, 0) is 31.5 Å². The van der Waals surface area contributed by atoms with Crippen LogP contribution in [-0.2, 0) is 11.3 Å². The number of carbonyl (C=O) groups is 1. The molecule has 1 aromatic rings. The van der Waals surface area contributed by atoms with Gasteiger partial charge in [-0.25, -0.2) is 8.78 Å². The maximum atomic E-state index is 13.0. The second-order valence-corrected chi connectivity index (χ2v) is 5.19. The van der Waals surface area contributed by atoms with Crippen molar-refractivity contribution in [2.75, 3.05) is 12.9 Å². The Bertz CT molecular complexity index is 449. The van der Waals surface area contributed by atoms with E-state index in [2.05, 4.69) is 0 Å². The lowest BCUT2D eigenvalue weighted by Gasteiger charge is -2.27. The summed E-state index contributed by atoms with van der Waals surface area (Å²) in [5.74, 6) is -1.74. The molecule has 0 aliphatic rings. The van der Waals surface area contributed by atoms with E-state index < -0.39 is 17.0 Å². The highest BCUT2D eigenvalue weighted by atomic mass is 35.5. The number of benzene rings is 1. The SMILES string of the molecule is CN(Cc1ccc(F)c(F)c1)C(=O)C(C)(C)CCl. The van der Waals surface area contributed by atoms with Crippen molar-refractivity contribution in [2.45, 2.75) is 20.4 Å². The van der Waals surface area contributed by atoms with Crippen LogP contribution in [-0.4, -0.2) is 23.7 Å². The molecule has 0 saturated heterocycles. The van der Waals surface area contributed by atoms with Crippen LogP contribution < -0.4 is 0 Å². The number of rotatable bonds is 4. The maximum Gasteiger partial charge on any atom is 0.229 e. The summed E-state index contributed by atoms with van der Waals surface area (Å²) >= 11 is 5.72. The summed E-state index contributed by atoms with van der Waals surface area (Å²) in [7, 11) is 1.61. The molecule has 0 radical (unpaired) electrons. The summed E-state index contributed by atoms with van der Waals surface area (Å²) in [6.45, 7) is 3.70. The fourth-order valence-corrected chi connectivity index (χ4v) is 1.67. The number of carbonyl (C=O) groups excluding carboxylic acids is 1. The molecule has 1 aromatic carbocycles. The first kappa shape index (κ1) is 14.9. The van der Waals surface area contributed by atoms with Gasteiger partial charge < -0.3 is 4.90 Å². The highest BCUT2D eigenvalue weighted by molar-refractivity contribution is 6.19. The van der Waals surface area contributed by atoms with E-state index in [1.807, 2.05) is 0 Å². The average molecular weight is 276 g/mol. The summed E-state index contributed by atoms with van der Waals surface area (Å²) in [4.78, 5) is 13.5. The first-order valence-corrected chi connectivity index (χ1v) is 6.07. The van der Waals surface area contributed by atoms with Crippen molar-refractivity contribution >= 4 is 17.5 Å². The van der Waals surface area contributed by atoms with E-state index >= 15 is 0 Å². The Morgan fingerprint density at radius 3 is 2.44 bits per heavy atom. The van der Waals surface area contributed by atoms with Gasteiger partial charge in [-0.2, -0.15) is 0 Å². The second kappa shape index (κ2) is 5.65. The second-order valence-electron chi connectivity index (χ2n) is 4.93. The van der Waals surface area contributed by atoms with E-state index in [9.17, 15) is 13.6 Å². The molecule has 1 amide bonds. The molecule has 0 atom stereocenters. The molecule has 1 rings (SSSR count). The third-order valence-electron chi connectivity index (χ3n) is 2.66. The molecule has 0 aromatic heterocycles. The van der Waals surface area contributed by atoms with Gasteiger partial charge in [0.2, 0.25) is 5.91 Å². The maximum absolute atomic E-state index is 13.0. The molecular weight excluding hydrogens is 260 g/mol. The minimum atomic E-state index is -0.912. The molecule has 0 heterocycles. The zero-order valence-corrected chi connectivity index (χ0v) is 11.4. The summed E-state index contributed by atoms with van der Waals surface area (Å²) < 4.78 is 25.8. The fourth-order valence-electron chi connectivity index (χ4n) is 1.56. The minimum absolute atomic E-state index is 0.137. The monoisotopic (exact) mass is 275 g/mol. The van der Waals surface area contributed by atoms with Crippen molar-refractivity contribution < 1.29 is 13.6 Å². The molecular formula is C13H16ClF2NO. The highest BCUT2D eigenvalue weighted by Crippen LogP contribution is 2.21. The van der Waals surface area contributed by atoms with Gasteiger partial charge in [0.05, 0.1) is 5.41 Å². The van der Waals surface area contributed by atoms with Crippen molar-refractivity contribution in [1.29, 1.82) is 0 Å². The van der Waals surface area contributed by atoms with Crippen molar-refractivity contribution in [3.8, 4) is 0 Å². The van der Waals surface area contributed by atoms with Crippen molar-refractivity contribution in [3.63, 3.8) is 0 Å². The van der Waals surface area contributed by atoms with Crippen LogP contribution in [0.3, 0.4) is 0 Å². The fraction of sp³-hybridized carbons (Fsp3) is 0.462. The number of halogens is 3. The van der Waals surface area contributed by atoms with Gasteiger partial charge in [0.15, 0.2) is 11.6 Å². The van der Waals surface area contributed by atoms with E-state index in [0.29, 0.717) is 5.56 Å². The Labute approximate surface area is 111 Å². The lowest BCUT2D eigenvalue weighted by Crippen LogP contribution is -2.39. The van der Waals surface area contributed by atoms with Crippen LogP contribution in [0.15, 0.2) is 18.2 Å².